The Morgan fingerprint density at radius 1 is 1.44 bits per heavy atom. The molecule has 0 atom stereocenters. The average Bonchev–Trinajstić information content (AvgIpc) is 2.38. The van der Waals surface area contributed by atoms with Gasteiger partial charge in [-0.1, -0.05) is 5.22 Å². The molecule has 0 amide bonds. The first-order chi connectivity index (χ1) is 7.90. The average molecular weight is 222 g/mol. The molecule has 1 aliphatic heterocycles. The molecule has 6 heteroatoms. The standard InChI is InChI=1S/C10H14N4O2/c1-15-10-9(3-2-4-11-10)12-13-14-5-7-16-8-6-14/h2-4H,5-8H2,1H3. The van der Waals surface area contributed by atoms with E-state index in [-0.39, 0.29) is 0 Å². The summed E-state index contributed by atoms with van der Waals surface area (Å²) >= 11 is 0. The van der Waals surface area contributed by atoms with Crippen LogP contribution in [0.4, 0.5) is 5.69 Å². The molecule has 1 aromatic rings. The second-order valence-corrected chi connectivity index (χ2v) is 3.29. The second-order valence-electron chi connectivity index (χ2n) is 3.29. The molecular weight excluding hydrogens is 208 g/mol. The number of methoxy groups -OCH3 is 1. The Morgan fingerprint density at radius 2 is 2.25 bits per heavy atom. The predicted molar refractivity (Wildman–Crippen MR) is 57.7 cm³/mol. The molecule has 2 heterocycles. The number of nitrogens with zero attached hydrogens (tertiary/aromatic N) is 4. The topological polar surface area (TPSA) is 59.3 Å². The Bertz CT molecular complexity index is 364. The van der Waals surface area contributed by atoms with Gasteiger partial charge in [0.2, 0.25) is 5.88 Å². The summed E-state index contributed by atoms with van der Waals surface area (Å²) in [6, 6.07) is 3.62. The van der Waals surface area contributed by atoms with Crippen molar-refractivity contribution in [2.75, 3.05) is 33.4 Å². The lowest BCUT2D eigenvalue weighted by Crippen LogP contribution is -2.31. The molecule has 2 rings (SSSR count). The van der Waals surface area contributed by atoms with Crippen molar-refractivity contribution in [3.8, 4) is 5.88 Å². The van der Waals surface area contributed by atoms with Gasteiger partial charge in [-0.05, 0) is 12.1 Å². The van der Waals surface area contributed by atoms with Gasteiger partial charge in [0, 0.05) is 6.20 Å². The highest BCUT2D eigenvalue weighted by molar-refractivity contribution is 5.45. The van der Waals surface area contributed by atoms with Gasteiger partial charge in [-0.25, -0.2) is 4.98 Å². The molecule has 16 heavy (non-hydrogen) atoms. The molecule has 0 aliphatic carbocycles. The molecule has 0 saturated carbocycles. The molecule has 0 spiro atoms. The first-order valence-electron chi connectivity index (χ1n) is 5.13. The molecule has 0 radical (unpaired) electrons. The van der Waals surface area contributed by atoms with Crippen molar-refractivity contribution < 1.29 is 9.47 Å². The van der Waals surface area contributed by atoms with Crippen LogP contribution in [0.5, 0.6) is 5.88 Å². The van der Waals surface area contributed by atoms with E-state index in [0.717, 1.165) is 13.1 Å². The van der Waals surface area contributed by atoms with Gasteiger partial charge in [0.05, 0.1) is 33.4 Å². The maximum atomic E-state index is 5.22. The van der Waals surface area contributed by atoms with E-state index < -0.39 is 0 Å². The van der Waals surface area contributed by atoms with Gasteiger partial charge in [0.1, 0.15) is 5.69 Å². The third kappa shape index (κ3) is 2.66. The fraction of sp³-hybridized carbons (Fsp3) is 0.500. The highest BCUT2D eigenvalue weighted by atomic mass is 16.5. The molecular formula is C10H14N4O2. The zero-order valence-corrected chi connectivity index (χ0v) is 9.17. The lowest BCUT2D eigenvalue weighted by Gasteiger charge is -2.22. The number of hydrogen-bond donors (Lipinski definition) is 0. The molecule has 1 aromatic heterocycles. The van der Waals surface area contributed by atoms with Crippen LogP contribution < -0.4 is 4.74 Å². The predicted octanol–water partition coefficient (Wildman–Crippen LogP) is 1.42. The molecule has 0 unspecified atom stereocenters. The van der Waals surface area contributed by atoms with Gasteiger partial charge >= 0.3 is 0 Å². The SMILES string of the molecule is COc1ncccc1N=NN1CCOCC1. The number of pyridine rings is 1. The Morgan fingerprint density at radius 3 is 3.00 bits per heavy atom. The molecule has 1 fully saturated rings. The van der Waals surface area contributed by atoms with E-state index in [2.05, 4.69) is 15.3 Å². The Labute approximate surface area is 93.9 Å². The maximum Gasteiger partial charge on any atom is 0.241 e. The normalized spacial score (nSPS) is 16.7. The largest absolute Gasteiger partial charge is 0.479 e. The lowest BCUT2D eigenvalue weighted by atomic mass is 10.4. The monoisotopic (exact) mass is 222 g/mol. The van der Waals surface area contributed by atoms with Crippen LogP contribution in [-0.2, 0) is 4.74 Å². The zero-order valence-electron chi connectivity index (χ0n) is 9.17. The summed E-state index contributed by atoms with van der Waals surface area (Å²) in [7, 11) is 1.57. The van der Waals surface area contributed by atoms with Crippen LogP contribution >= 0.6 is 0 Å². The van der Waals surface area contributed by atoms with Gasteiger partial charge < -0.3 is 9.47 Å². The number of aromatic nitrogens is 1. The summed E-state index contributed by atoms with van der Waals surface area (Å²) in [6.45, 7) is 2.94. The fourth-order valence-corrected chi connectivity index (χ4v) is 1.37. The second kappa shape index (κ2) is 5.41. The van der Waals surface area contributed by atoms with Crippen LogP contribution in [0.25, 0.3) is 0 Å². The molecule has 0 bridgehead atoms. The first-order valence-corrected chi connectivity index (χ1v) is 5.13. The minimum absolute atomic E-state index is 0.486. The zero-order chi connectivity index (χ0) is 11.2. The van der Waals surface area contributed by atoms with Crippen molar-refractivity contribution in [1.82, 2.24) is 9.99 Å². The molecule has 1 saturated heterocycles. The van der Waals surface area contributed by atoms with Crippen molar-refractivity contribution in [3.05, 3.63) is 18.3 Å². The van der Waals surface area contributed by atoms with Crippen molar-refractivity contribution in [2.45, 2.75) is 0 Å². The van der Waals surface area contributed by atoms with Crippen LogP contribution in [0.2, 0.25) is 0 Å². The van der Waals surface area contributed by atoms with E-state index in [4.69, 9.17) is 9.47 Å². The van der Waals surface area contributed by atoms with Crippen LogP contribution in [0.1, 0.15) is 0 Å². The van der Waals surface area contributed by atoms with Crippen molar-refractivity contribution in [2.24, 2.45) is 10.3 Å². The quantitative estimate of drug-likeness (QED) is 0.726. The van der Waals surface area contributed by atoms with Gasteiger partial charge in [0.25, 0.3) is 0 Å². The minimum atomic E-state index is 0.486. The molecule has 0 aromatic carbocycles. The van der Waals surface area contributed by atoms with Crippen molar-refractivity contribution in [3.63, 3.8) is 0 Å². The summed E-state index contributed by atoms with van der Waals surface area (Å²) in [6.07, 6.45) is 1.66. The highest BCUT2D eigenvalue weighted by Gasteiger charge is 2.08. The molecule has 1 aliphatic rings. The van der Waals surface area contributed by atoms with Gasteiger partial charge in [0.15, 0.2) is 0 Å². The Kier molecular flexibility index (Phi) is 3.66. The summed E-state index contributed by atoms with van der Waals surface area (Å²) in [4.78, 5) is 4.04. The fourth-order valence-electron chi connectivity index (χ4n) is 1.37. The summed E-state index contributed by atoms with van der Waals surface area (Å²) in [5.74, 6) is 0.486. The summed E-state index contributed by atoms with van der Waals surface area (Å²) in [5, 5.41) is 10.1. The van der Waals surface area contributed by atoms with E-state index in [0.29, 0.717) is 24.8 Å². The highest BCUT2D eigenvalue weighted by Crippen LogP contribution is 2.23. The van der Waals surface area contributed by atoms with Crippen molar-refractivity contribution in [1.29, 1.82) is 0 Å². The summed E-state index contributed by atoms with van der Waals surface area (Å²) < 4.78 is 10.3. The van der Waals surface area contributed by atoms with E-state index in [1.54, 1.807) is 19.4 Å². The number of rotatable bonds is 3. The lowest BCUT2D eigenvalue weighted by molar-refractivity contribution is 0.0353. The Balaban J connectivity index is 2.04. The van der Waals surface area contributed by atoms with Crippen LogP contribution in [0.15, 0.2) is 28.7 Å². The van der Waals surface area contributed by atoms with E-state index in [9.17, 15) is 0 Å². The van der Waals surface area contributed by atoms with Gasteiger partial charge in [-0.3, -0.25) is 5.01 Å². The third-order valence-corrected chi connectivity index (χ3v) is 2.21. The minimum Gasteiger partial charge on any atom is -0.479 e. The van der Waals surface area contributed by atoms with E-state index in [1.165, 1.54) is 0 Å². The van der Waals surface area contributed by atoms with E-state index in [1.807, 2.05) is 11.1 Å². The smallest absolute Gasteiger partial charge is 0.241 e. The number of hydrogen-bond acceptors (Lipinski definition) is 5. The summed E-state index contributed by atoms with van der Waals surface area (Å²) in [5.41, 5.74) is 0.636. The van der Waals surface area contributed by atoms with E-state index >= 15 is 0 Å². The maximum absolute atomic E-state index is 5.22. The van der Waals surface area contributed by atoms with Crippen LogP contribution in [-0.4, -0.2) is 43.4 Å². The number of ether oxygens (including phenoxy) is 2. The van der Waals surface area contributed by atoms with Crippen molar-refractivity contribution >= 4 is 5.69 Å². The molecule has 0 N–H and O–H groups in total. The van der Waals surface area contributed by atoms with Crippen LogP contribution in [0.3, 0.4) is 0 Å². The number of morpholine rings is 1. The third-order valence-electron chi connectivity index (χ3n) is 2.21. The molecule has 6 nitrogen and oxygen atoms in total. The first kappa shape index (κ1) is 10.8. The van der Waals surface area contributed by atoms with Gasteiger partial charge in [-0.15, -0.1) is 5.11 Å². The van der Waals surface area contributed by atoms with Crippen LogP contribution in [0, 0.1) is 0 Å². The Hall–Kier alpha value is -1.69. The van der Waals surface area contributed by atoms with Gasteiger partial charge in [-0.2, -0.15) is 0 Å². The molecule has 86 valence electrons.